The topological polar surface area (TPSA) is 173 Å². The van der Waals surface area contributed by atoms with Crippen molar-refractivity contribution in [2.24, 2.45) is 0 Å². The first-order valence-corrected chi connectivity index (χ1v) is 18.8. The van der Waals surface area contributed by atoms with Gasteiger partial charge in [-0.3, -0.25) is 4.55 Å². The summed E-state index contributed by atoms with van der Waals surface area (Å²) in [7, 11) is -9.08. The van der Waals surface area contributed by atoms with Gasteiger partial charge in [0, 0.05) is 0 Å². The van der Waals surface area contributed by atoms with Crippen LogP contribution in [0.4, 0.5) is 0 Å². The van der Waals surface area contributed by atoms with E-state index in [1.807, 2.05) is 6.07 Å². The maximum atomic E-state index is 12.0. The predicted octanol–water partition coefficient (Wildman–Crippen LogP) is 7.75. The van der Waals surface area contributed by atoms with Gasteiger partial charge >= 0.3 is 37.7 Å². The van der Waals surface area contributed by atoms with Gasteiger partial charge in [0.1, 0.15) is 32.3 Å². The first kappa shape index (κ1) is 42.3. The molecule has 0 aliphatic heterocycles. The number of ether oxygens (including phenoxy) is 2. The fraction of sp³-hybridized carbons (Fsp3) is 0.333. The van der Waals surface area contributed by atoms with Gasteiger partial charge in [0.25, 0.3) is 10.1 Å². The maximum absolute atomic E-state index is 12.0. The molecule has 0 aliphatic carbocycles. The molecule has 0 saturated carbocycles. The molecule has 0 unspecified atom stereocenters. The predicted molar refractivity (Wildman–Crippen MR) is 186 cm³/mol. The Morgan fingerprint density at radius 3 is 1.61 bits per heavy atom. The molecule has 4 aromatic carbocycles. The molecule has 0 spiro atoms. The molecule has 0 amide bonds. The van der Waals surface area contributed by atoms with Crippen LogP contribution in [0.1, 0.15) is 76.3 Å². The zero-order chi connectivity index (χ0) is 35.2. The number of unbranched alkanes of at least 4 members (excludes halogenated alkanes) is 6. The van der Waals surface area contributed by atoms with Crippen LogP contribution in [0, 0.1) is 0 Å². The van der Waals surface area contributed by atoms with Crippen molar-refractivity contribution >= 4 is 58.0 Å². The summed E-state index contributed by atoms with van der Waals surface area (Å²) in [5, 5.41) is 21.9. The Kier molecular flexibility index (Phi) is 17.9. The standard InChI is InChI=1S/2C18H22O5S.Ca/c2*1-2-3-4-5-8-14-11-12-15(19)17(13-14)23-16-9-6-7-10-18(16)24(20,21)22;/h2*6-7,9-13,19H,2-5,8H2,1H3,(H,20,21,22);/q;;+2/p-2. The molecule has 10 nitrogen and oxygen atoms in total. The number of aromatic hydroxyl groups is 1. The van der Waals surface area contributed by atoms with E-state index in [0.29, 0.717) is 0 Å². The van der Waals surface area contributed by atoms with Crippen LogP contribution in [0.3, 0.4) is 0 Å². The normalized spacial score (nSPS) is 11.2. The Balaban J connectivity index is 0.000000333. The fourth-order valence-corrected chi connectivity index (χ4v) is 6.04. The van der Waals surface area contributed by atoms with Crippen LogP contribution in [-0.2, 0) is 33.1 Å². The number of aryl methyl sites for hydroxylation is 2. The number of phenolic OH excluding ortho intramolecular Hbond substituents is 1. The van der Waals surface area contributed by atoms with E-state index in [9.17, 15) is 36.2 Å². The monoisotopic (exact) mass is 738 g/mol. The summed E-state index contributed by atoms with van der Waals surface area (Å²) < 4.78 is 76.9. The maximum Gasteiger partial charge on any atom is 2.00 e. The third-order valence-electron chi connectivity index (χ3n) is 7.36. The summed E-state index contributed by atoms with van der Waals surface area (Å²) >= 11 is 0. The zero-order valence-electron chi connectivity index (χ0n) is 27.8. The quantitative estimate of drug-likeness (QED) is 0.0657. The van der Waals surface area contributed by atoms with Crippen molar-refractivity contribution in [1.29, 1.82) is 0 Å². The number of hydrogen-bond donors (Lipinski definition) is 2. The average Bonchev–Trinajstić information content (AvgIpc) is 3.04. The summed E-state index contributed by atoms with van der Waals surface area (Å²) in [5.74, 6) is -0.410. The van der Waals surface area contributed by atoms with E-state index in [2.05, 4.69) is 13.8 Å². The number of benzene rings is 4. The van der Waals surface area contributed by atoms with Crippen LogP contribution in [0.15, 0.2) is 94.7 Å². The number of rotatable bonds is 16. The van der Waals surface area contributed by atoms with Crippen molar-refractivity contribution in [3.63, 3.8) is 0 Å². The Bertz CT molecular complexity index is 1710. The Labute approximate surface area is 319 Å². The fourth-order valence-electron chi connectivity index (χ4n) is 4.82. The summed E-state index contributed by atoms with van der Waals surface area (Å²) in [6.07, 6.45) is 10.6. The molecule has 2 N–H and O–H groups in total. The van der Waals surface area contributed by atoms with Gasteiger partial charge in [-0.2, -0.15) is 8.42 Å². The van der Waals surface area contributed by atoms with Crippen LogP contribution >= 0.6 is 0 Å². The molecule has 0 saturated heterocycles. The number of phenols is 1. The summed E-state index contributed by atoms with van der Waals surface area (Å²) in [6, 6.07) is 21.1. The smallest absolute Gasteiger partial charge is 0.870 e. The molecule has 13 heteroatoms. The Morgan fingerprint density at radius 1 is 0.612 bits per heavy atom. The van der Waals surface area contributed by atoms with Gasteiger partial charge in [-0.25, -0.2) is 8.42 Å². The zero-order valence-corrected chi connectivity index (χ0v) is 31.7. The minimum atomic E-state index is -4.67. The van der Waals surface area contributed by atoms with Crippen molar-refractivity contribution in [3.8, 4) is 34.5 Å². The van der Waals surface area contributed by atoms with E-state index in [0.717, 1.165) is 75.0 Å². The van der Waals surface area contributed by atoms with Crippen LogP contribution < -0.4 is 14.6 Å². The van der Waals surface area contributed by atoms with Crippen molar-refractivity contribution in [2.75, 3.05) is 0 Å². The minimum absolute atomic E-state index is 0. The summed E-state index contributed by atoms with van der Waals surface area (Å²) in [6.45, 7) is 4.29. The van der Waals surface area contributed by atoms with Gasteiger partial charge in [0.15, 0.2) is 11.5 Å². The van der Waals surface area contributed by atoms with Gasteiger partial charge < -0.3 is 24.2 Å². The molecule has 260 valence electrons. The molecule has 0 radical (unpaired) electrons. The SMILES string of the molecule is CCCCCCc1ccc(O)c(Oc2ccccc2S(=O)(=O)O)c1.CCCCCCc1ccc([O-])c(Oc2ccccc2S(=O)(=O)[O-])c1.[Ca+2]. The minimum Gasteiger partial charge on any atom is -0.870 e. The van der Waals surface area contributed by atoms with Crippen molar-refractivity contribution in [3.05, 3.63) is 96.1 Å². The van der Waals surface area contributed by atoms with Gasteiger partial charge in [-0.15, -0.1) is 0 Å². The summed E-state index contributed by atoms with van der Waals surface area (Å²) in [5.41, 5.74) is 1.95. The van der Waals surface area contributed by atoms with Crippen molar-refractivity contribution < 1.29 is 45.6 Å². The largest absolute Gasteiger partial charge is 2.00 e. The van der Waals surface area contributed by atoms with E-state index in [1.165, 1.54) is 48.9 Å². The third-order valence-corrected chi connectivity index (χ3v) is 9.12. The van der Waals surface area contributed by atoms with E-state index in [-0.39, 0.29) is 77.1 Å². The van der Waals surface area contributed by atoms with Gasteiger partial charge in [-0.05, 0) is 79.3 Å². The Hall–Kier alpha value is -2.84. The molecular formula is C36H42CaO10S2. The van der Waals surface area contributed by atoms with E-state index in [4.69, 9.17) is 9.47 Å². The van der Waals surface area contributed by atoms with E-state index < -0.39 is 25.1 Å². The average molecular weight is 739 g/mol. The molecule has 0 aromatic heterocycles. The van der Waals surface area contributed by atoms with Gasteiger partial charge in [-0.1, -0.05) is 101 Å². The van der Waals surface area contributed by atoms with Gasteiger partial charge in [0.2, 0.25) is 0 Å². The molecule has 0 aliphatic rings. The van der Waals surface area contributed by atoms with E-state index in [1.54, 1.807) is 30.3 Å². The third kappa shape index (κ3) is 14.1. The van der Waals surface area contributed by atoms with Crippen molar-refractivity contribution in [2.45, 2.75) is 87.8 Å². The number of hydrogen-bond acceptors (Lipinski definition) is 9. The molecule has 49 heavy (non-hydrogen) atoms. The molecule has 4 rings (SSSR count). The molecule has 0 fully saturated rings. The number of para-hydroxylation sites is 2. The van der Waals surface area contributed by atoms with Crippen LogP contribution in [0.5, 0.6) is 34.5 Å². The molecule has 0 heterocycles. The van der Waals surface area contributed by atoms with Crippen LogP contribution in [0.2, 0.25) is 0 Å². The second-order valence-electron chi connectivity index (χ2n) is 11.2. The van der Waals surface area contributed by atoms with Crippen LogP contribution in [0.25, 0.3) is 0 Å². The molecule has 4 aromatic rings. The first-order chi connectivity index (χ1) is 22.8. The molecule has 0 bridgehead atoms. The van der Waals surface area contributed by atoms with Crippen molar-refractivity contribution in [1.82, 2.24) is 0 Å². The molecule has 0 atom stereocenters. The Morgan fingerprint density at radius 2 is 1.08 bits per heavy atom. The second-order valence-corrected chi connectivity index (χ2v) is 14.0. The van der Waals surface area contributed by atoms with Gasteiger partial charge in [0.05, 0.1) is 4.90 Å². The van der Waals surface area contributed by atoms with Crippen LogP contribution in [-0.4, -0.2) is 68.8 Å². The summed E-state index contributed by atoms with van der Waals surface area (Å²) in [4.78, 5) is -0.810. The second kappa shape index (κ2) is 20.7. The molecular weight excluding hydrogens is 697 g/mol. The first-order valence-electron chi connectivity index (χ1n) is 15.9. The van der Waals surface area contributed by atoms with E-state index >= 15 is 0 Å².